The van der Waals surface area contributed by atoms with Crippen LogP contribution in [0, 0.1) is 3.57 Å². The maximum atomic E-state index is 14.2. The number of ether oxygens (including phenoxy) is 6. The maximum absolute atomic E-state index is 14.2. The summed E-state index contributed by atoms with van der Waals surface area (Å²) in [5, 5.41) is 0. The van der Waals surface area contributed by atoms with Crippen molar-refractivity contribution in [2.24, 2.45) is 4.99 Å². The van der Waals surface area contributed by atoms with E-state index in [1.54, 1.807) is 45.2 Å². The lowest BCUT2D eigenvalue weighted by molar-refractivity contribution is -0.143. The van der Waals surface area contributed by atoms with Crippen molar-refractivity contribution in [2.75, 3.05) is 34.0 Å². The summed E-state index contributed by atoms with van der Waals surface area (Å²) >= 11 is 3.39. The van der Waals surface area contributed by atoms with Crippen molar-refractivity contribution in [3.8, 4) is 23.0 Å². The summed E-state index contributed by atoms with van der Waals surface area (Å²) in [5.41, 5.74) is 1.53. The van der Waals surface area contributed by atoms with Gasteiger partial charge in [-0.25, -0.2) is 14.6 Å². The molecule has 0 saturated heterocycles. The lowest BCUT2D eigenvalue weighted by Crippen LogP contribution is -2.40. The molecule has 0 amide bonds. The average molecular weight is 751 g/mol. The van der Waals surface area contributed by atoms with E-state index in [2.05, 4.69) is 32.3 Å². The number of rotatable bonds is 12. The predicted octanol–water partition coefficient (Wildman–Crippen LogP) is 4.15. The number of methoxy groups -OCH3 is 2. The summed E-state index contributed by atoms with van der Waals surface area (Å²) in [4.78, 5) is 44.4. The van der Waals surface area contributed by atoms with E-state index < -0.39 is 18.0 Å². The SMILES string of the molecule is CCOC(=O)C1=C(C)N=c2s/c(=C/c3cc(I)cc(OC)c3OC(C)C)c(=O)n2[C@H]1c1ccc(OCC(=O)OC)c(OCC)c1. The topological polar surface area (TPSA) is 124 Å². The van der Waals surface area contributed by atoms with Gasteiger partial charge in [-0.15, -0.1) is 0 Å². The Balaban J connectivity index is 1.95. The fourth-order valence-electron chi connectivity index (χ4n) is 4.74. The minimum absolute atomic E-state index is 0.138. The maximum Gasteiger partial charge on any atom is 0.343 e. The summed E-state index contributed by atoms with van der Waals surface area (Å²) in [5.74, 6) is 0.567. The Morgan fingerprint density at radius 3 is 2.47 bits per heavy atom. The van der Waals surface area contributed by atoms with Gasteiger partial charge in [0.1, 0.15) is 0 Å². The molecule has 0 aliphatic carbocycles. The highest BCUT2D eigenvalue weighted by atomic mass is 127. The molecule has 2 aromatic carbocycles. The smallest absolute Gasteiger partial charge is 0.343 e. The minimum Gasteiger partial charge on any atom is -0.493 e. The van der Waals surface area contributed by atoms with E-state index in [9.17, 15) is 14.4 Å². The van der Waals surface area contributed by atoms with E-state index in [-0.39, 0.29) is 30.5 Å². The first-order valence-corrected chi connectivity index (χ1v) is 16.1. The third-order valence-electron chi connectivity index (χ3n) is 6.58. The number of allylic oxidation sites excluding steroid dienone is 1. The number of esters is 2. The second kappa shape index (κ2) is 15.0. The zero-order chi connectivity index (χ0) is 32.8. The molecule has 4 rings (SSSR count). The normalized spacial score (nSPS) is 14.5. The molecular weight excluding hydrogens is 715 g/mol. The van der Waals surface area contributed by atoms with Gasteiger partial charge in [0, 0.05) is 9.13 Å². The first-order chi connectivity index (χ1) is 21.5. The Labute approximate surface area is 278 Å². The molecule has 0 unspecified atom stereocenters. The molecule has 0 N–H and O–H groups in total. The standard InChI is InChI=1S/C32H35IN2O9S/c1-8-41-23-13-19(10-11-22(23)43-16-26(36)40-7)28-27(31(38)42-9-2)18(5)34-32-35(28)30(37)25(45-32)14-20-12-21(33)15-24(39-6)29(20)44-17(3)4/h10-15,17,28H,8-9,16H2,1-7H3/b25-14+/t28-/m0/s1. The predicted molar refractivity (Wildman–Crippen MR) is 177 cm³/mol. The van der Waals surface area contributed by atoms with Crippen molar-refractivity contribution in [3.63, 3.8) is 0 Å². The van der Waals surface area contributed by atoms with Gasteiger partial charge in [-0.2, -0.15) is 0 Å². The molecule has 3 aromatic rings. The molecule has 1 aromatic heterocycles. The van der Waals surface area contributed by atoms with Gasteiger partial charge >= 0.3 is 11.9 Å². The molecule has 1 atom stereocenters. The Morgan fingerprint density at radius 1 is 1.07 bits per heavy atom. The van der Waals surface area contributed by atoms with Gasteiger partial charge in [-0.3, -0.25) is 9.36 Å². The van der Waals surface area contributed by atoms with Gasteiger partial charge in [0.25, 0.3) is 5.56 Å². The van der Waals surface area contributed by atoms with Crippen LogP contribution in [-0.2, 0) is 19.1 Å². The van der Waals surface area contributed by atoms with Crippen LogP contribution in [0.15, 0.2) is 51.4 Å². The molecule has 1 aliphatic rings. The van der Waals surface area contributed by atoms with Crippen molar-refractivity contribution in [2.45, 2.75) is 46.8 Å². The van der Waals surface area contributed by atoms with Crippen LogP contribution in [0.3, 0.4) is 0 Å². The van der Waals surface area contributed by atoms with Crippen LogP contribution < -0.4 is 33.8 Å². The number of hydrogen-bond donors (Lipinski definition) is 0. The zero-order valence-electron chi connectivity index (χ0n) is 26.1. The number of carbonyl (C=O) groups is 2. The largest absolute Gasteiger partial charge is 0.493 e. The van der Waals surface area contributed by atoms with Crippen LogP contribution in [0.25, 0.3) is 6.08 Å². The summed E-state index contributed by atoms with van der Waals surface area (Å²) in [7, 11) is 2.84. The highest BCUT2D eigenvalue weighted by Gasteiger charge is 2.34. The Hall–Kier alpha value is -3.85. The highest BCUT2D eigenvalue weighted by molar-refractivity contribution is 14.1. The van der Waals surface area contributed by atoms with Crippen LogP contribution >= 0.6 is 33.9 Å². The van der Waals surface area contributed by atoms with Crippen molar-refractivity contribution < 1.29 is 38.0 Å². The van der Waals surface area contributed by atoms with Crippen LogP contribution in [0.1, 0.15) is 51.8 Å². The van der Waals surface area contributed by atoms with E-state index in [1.807, 2.05) is 32.9 Å². The number of benzene rings is 2. The molecule has 0 spiro atoms. The van der Waals surface area contributed by atoms with Gasteiger partial charge < -0.3 is 28.4 Å². The molecule has 11 nitrogen and oxygen atoms in total. The first-order valence-electron chi connectivity index (χ1n) is 14.2. The van der Waals surface area contributed by atoms with Gasteiger partial charge in [0.2, 0.25) is 0 Å². The number of fused-ring (bicyclic) bond motifs is 1. The molecule has 13 heteroatoms. The van der Waals surface area contributed by atoms with Crippen LogP contribution in [0.2, 0.25) is 0 Å². The molecular formula is C32H35IN2O9S. The third kappa shape index (κ3) is 7.52. The number of carbonyl (C=O) groups excluding carboxylic acids is 2. The quantitative estimate of drug-likeness (QED) is 0.199. The first kappa shape index (κ1) is 34.0. The van der Waals surface area contributed by atoms with Crippen LogP contribution in [-0.4, -0.2) is 56.6 Å². The minimum atomic E-state index is -0.881. The molecule has 0 bridgehead atoms. The van der Waals surface area contributed by atoms with Crippen LogP contribution in [0.5, 0.6) is 23.0 Å². The highest BCUT2D eigenvalue weighted by Crippen LogP contribution is 2.37. The molecule has 0 radical (unpaired) electrons. The molecule has 1 aliphatic heterocycles. The monoisotopic (exact) mass is 750 g/mol. The van der Waals surface area contributed by atoms with E-state index >= 15 is 0 Å². The summed E-state index contributed by atoms with van der Waals surface area (Å²) < 4.78 is 36.0. The fourth-order valence-corrected chi connectivity index (χ4v) is 6.39. The van der Waals surface area contributed by atoms with E-state index in [4.69, 9.17) is 23.7 Å². The molecule has 0 saturated carbocycles. The Kier molecular flexibility index (Phi) is 11.3. The van der Waals surface area contributed by atoms with Crippen molar-refractivity contribution in [3.05, 3.63) is 76.0 Å². The number of thiazole rings is 1. The van der Waals surface area contributed by atoms with Gasteiger partial charge in [-0.05, 0) is 93.1 Å². The van der Waals surface area contributed by atoms with Crippen molar-refractivity contribution >= 4 is 51.9 Å². The lowest BCUT2D eigenvalue weighted by atomic mass is 9.95. The number of aromatic nitrogens is 1. The Bertz CT molecular complexity index is 1810. The van der Waals surface area contributed by atoms with E-state index in [0.29, 0.717) is 55.8 Å². The summed E-state index contributed by atoms with van der Waals surface area (Å²) in [6, 6.07) is 7.93. The summed E-state index contributed by atoms with van der Waals surface area (Å²) in [6.07, 6.45) is 1.61. The van der Waals surface area contributed by atoms with Gasteiger partial charge in [-0.1, -0.05) is 17.4 Å². The van der Waals surface area contributed by atoms with Gasteiger partial charge in [0.05, 0.1) is 55.4 Å². The van der Waals surface area contributed by atoms with Crippen molar-refractivity contribution in [1.82, 2.24) is 4.57 Å². The average Bonchev–Trinajstić information content (AvgIpc) is 3.30. The second-order valence-electron chi connectivity index (χ2n) is 10.00. The fraction of sp³-hybridized carbons (Fsp3) is 0.375. The number of hydrogen-bond acceptors (Lipinski definition) is 11. The third-order valence-corrected chi connectivity index (χ3v) is 8.19. The Morgan fingerprint density at radius 2 is 1.82 bits per heavy atom. The molecule has 45 heavy (non-hydrogen) atoms. The van der Waals surface area contributed by atoms with Crippen LogP contribution in [0.4, 0.5) is 0 Å². The van der Waals surface area contributed by atoms with E-state index in [1.165, 1.54) is 23.0 Å². The van der Waals surface area contributed by atoms with Crippen molar-refractivity contribution in [1.29, 1.82) is 0 Å². The lowest BCUT2D eigenvalue weighted by Gasteiger charge is -2.25. The molecule has 240 valence electrons. The van der Waals surface area contributed by atoms with E-state index in [0.717, 1.165) is 3.57 Å². The molecule has 2 heterocycles. The number of nitrogens with zero attached hydrogens (tertiary/aromatic N) is 2. The second-order valence-corrected chi connectivity index (χ2v) is 12.3. The van der Waals surface area contributed by atoms with Gasteiger partial charge in [0.15, 0.2) is 34.4 Å². The zero-order valence-corrected chi connectivity index (χ0v) is 29.1. The summed E-state index contributed by atoms with van der Waals surface area (Å²) in [6.45, 7) is 9.20. The molecule has 0 fully saturated rings. The number of halogens is 1.